The number of hydrogen-bond acceptors (Lipinski definition) is 2. The van der Waals surface area contributed by atoms with Crippen molar-refractivity contribution in [1.29, 1.82) is 0 Å². The summed E-state index contributed by atoms with van der Waals surface area (Å²) in [7, 11) is 0. The van der Waals surface area contributed by atoms with E-state index in [0.717, 1.165) is 4.90 Å². The molecule has 0 saturated heterocycles. The van der Waals surface area contributed by atoms with Crippen LogP contribution in [0.3, 0.4) is 0 Å². The van der Waals surface area contributed by atoms with E-state index in [2.05, 4.69) is 32.9 Å². The lowest BCUT2D eigenvalue weighted by Crippen LogP contribution is -2.10. The highest BCUT2D eigenvalue weighted by atomic mass is 32.2. The van der Waals surface area contributed by atoms with Crippen LogP contribution in [0.2, 0.25) is 0 Å². The summed E-state index contributed by atoms with van der Waals surface area (Å²) in [6.07, 6.45) is 0. The summed E-state index contributed by atoms with van der Waals surface area (Å²) < 4.78 is 0. The van der Waals surface area contributed by atoms with E-state index in [1.54, 1.807) is 6.92 Å². The molecule has 0 unspecified atom stereocenters. The average Bonchev–Trinajstić information content (AvgIpc) is 2.01. The van der Waals surface area contributed by atoms with Crippen LogP contribution in [-0.2, 0) is 10.2 Å². The predicted molar refractivity (Wildman–Crippen MR) is 61.7 cm³/mol. The zero-order chi connectivity index (χ0) is 10.8. The third-order valence-corrected chi connectivity index (χ3v) is 2.74. The van der Waals surface area contributed by atoms with E-state index in [9.17, 15) is 4.79 Å². The van der Waals surface area contributed by atoms with Gasteiger partial charge >= 0.3 is 0 Å². The molecule has 0 spiro atoms. The van der Waals surface area contributed by atoms with Gasteiger partial charge in [0.15, 0.2) is 5.12 Å². The first-order chi connectivity index (χ1) is 6.39. The van der Waals surface area contributed by atoms with E-state index in [-0.39, 0.29) is 10.5 Å². The second-order valence-electron chi connectivity index (χ2n) is 4.37. The van der Waals surface area contributed by atoms with Crippen LogP contribution in [0.15, 0.2) is 29.2 Å². The van der Waals surface area contributed by atoms with Crippen molar-refractivity contribution < 1.29 is 4.79 Å². The van der Waals surface area contributed by atoms with Crippen LogP contribution in [0.25, 0.3) is 0 Å². The Morgan fingerprint density at radius 3 is 2.43 bits per heavy atom. The molecular weight excluding hydrogens is 192 g/mol. The fourth-order valence-electron chi connectivity index (χ4n) is 1.19. The fourth-order valence-corrected chi connectivity index (χ4v) is 1.86. The molecule has 0 radical (unpaired) electrons. The average molecular weight is 208 g/mol. The number of carbonyl (C=O) groups is 1. The first-order valence-corrected chi connectivity index (χ1v) is 5.50. The minimum atomic E-state index is 0.135. The zero-order valence-corrected chi connectivity index (χ0v) is 9.94. The maximum atomic E-state index is 10.9. The highest BCUT2D eigenvalue weighted by Gasteiger charge is 2.13. The second-order valence-corrected chi connectivity index (χ2v) is 5.62. The lowest BCUT2D eigenvalue weighted by molar-refractivity contribution is -0.109. The molecule has 1 aromatic carbocycles. The van der Waals surface area contributed by atoms with Gasteiger partial charge in [0.05, 0.1) is 0 Å². The Morgan fingerprint density at radius 2 is 1.93 bits per heavy atom. The molecule has 0 atom stereocenters. The number of rotatable bonds is 1. The van der Waals surface area contributed by atoms with Crippen LogP contribution >= 0.6 is 11.8 Å². The quantitative estimate of drug-likeness (QED) is 0.656. The van der Waals surface area contributed by atoms with Gasteiger partial charge in [-0.15, -0.1) is 0 Å². The number of carbonyl (C=O) groups excluding carboxylic acids is 1. The minimum Gasteiger partial charge on any atom is -0.287 e. The summed E-state index contributed by atoms with van der Waals surface area (Å²) in [4.78, 5) is 12.0. The Bertz CT molecular complexity index is 336. The van der Waals surface area contributed by atoms with Crippen molar-refractivity contribution in [2.45, 2.75) is 38.0 Å². The van der Waals surface area contributed by atoms with Gasteiger partial charge in [-0.2, -0.15) is 0 Å². The molecule has 1 nitrogen and oxygen atoms in total. The molecule has 0 heterocycles. The largest absolute Gasteiger partial charge is 0.287 e. The standard InChI is InChI=1S/C12H16OS/c1-9(13)14-11-7-5-6-10(8-11)12(2,3)4/h5-8H,1-4H3. The molecule has 1 rings (SSSR count). The number of thioether (sulfide) groups is 1. The fraction of sp³-hybridized carbons (Fsp3) is 0.417. The van der Waals surface area contributed by atoms with E-state index in [1.165, 1.54) is 17.3 Å². The molecule has 0 saturated carbocycles. The van der Waals surface area contributed by atoms with E-state index >= 15 is 0 Å². The normalized spacial score (nSPS) is 11.4. The van der Waals surface area contributed by atoms with Crippen molar-refractivity contribution >= 4 is 16.9 Å². The molecule has 0 aliphatic heterocycles. The molecule has 1 aromatic rings. The van der Waals surface area contributed by atoms with Crippen LogP contribution in [0, 0.1) is 0 Å². The van der Waals surface area contributed by atoms with Crippen LogP contribution in [-0.4, -0.2) is 5.12 Å². The lowest BCUT2D eigenvalue weighted by atomic mass is 9.87. The van der Waals surface area contributed by atoms with Gasteiger partial charge < -0.3 is 0 Å². The Balaban J connectivity index is 2.95. The monoisotopic (exact) mass is 208 g/mol. The molecule has 2 heteroatoms. The molecular formula is C12H16OS. The van der Waals surface area contributed by atoms with Crippen molar-refractivity contribution in [2.24, 2.45) is 0 Å². The van der Waals surface area contributed by atoms with Gasteiger partial charge in [-0.05, 0) is 23.1 Å². The van der Waals surface area contributed by atoms with Crippen LogP contribution < -0.4 is 0 Å². The van der Waals surface area contributed by atoms with Crippen molar-refractivity contribution in [1.82, 2.24) is 0 Å². The van der Waals surface area contributed by atoms with Gasteiger partial charge in [-0.3, -0.25) is 4.79 Å². The SMILES string of the molecule is CC(=O)Sc1cccc(C(C)(C)C)c1. The Hall–Kier alpha value is -0.760. The van der Waals surface area contributed by atoms with Crippen LogP contribution in [0.1, 0.15) is 33.3 Å². The van der Waals surface area contributed by atoms with E-state index < -0.39 is 0 Å². The van der Waals surface area contributed by atoms with E-state index in [4.69, 9.17) is 0 Å². The third kappa shape index (κ3) is 3.18. The molecule has 76 valence electrons. The molecule has 0 amide bonds. The highest BCUT2D eigenvalue weighted by Crippen LogP contribution is 2.27. The maximum absolute atomic E-state index is 10.9. The third-order valence-electron chi connectivity index (χ3n) is 1.96. The summed E-state index contributed by atoms with van der Waals surface area (Å²) in [6.45, 7) is 8.11. The topological polar surface area (TPSA) is 17.1 Å². The predicted octanol–water partition coefficient (Wildman–Crippen LogP) is 3.62. The summed E-state index contributed by atoms with van der Waals surface area (Å²) in [6, 6.07) is 8.17. The molecule has 0 aromatic heterocycles. The number of benzene rings is 1. The Labute approximate surface area is 89.9 Å². The van der Waals surface area contributed by atoms with Gasteiger partial charge in [0, 0.05) is 11.8 Å². The molecule has 0 N–H and O–H groups in total. The van der Waals surface area contributed by atoms with Crippen LogP contribution in [0.5, 0.6) is 0 Å². The first-order valence-electron chi connectivity index (χ1n) is 4.68. The van der Waals surface area contributed by atoms with Crippen molar-refractivity contribution in [3.05, 3.63) is 29.8 Å². The van der Waals surface area contributed by atoms with Gasteiger partial charge in [0.2, 0.25) is 0 Å². The molecule has 0 aliphatic carbocycles. The molecule has 0 aliphatic rings. The van der Waals surface area contributed by atoms with Gasteiger partial charge in [-0.25, -0.2) is 0 Å². The molecule has 14 heavy (non-hydrogen) atoms. The minimum absolute atomic E-state index is 0.135. The summed E-state index contributed by atoms with van der Waals surface area (Å²) >= 11 is 1.29. The second kappa shape index (κ2) is 4.18. The van der Waals surface area contributed by atoms with Crippen molar-refractivity contribution in [3.63, 3.8) is 0 Å². The highest BCUT2D eigenvalue weighted by molar-refractivity contribution is 8.13. The molecule has 0 fully saturated rings. The Kier molecular flexibility index (Phi) is 3.38. The lowest BCUT2D eigenvalue weighted by Gasteiger charge is -2.19. The first kappa shape index (κ1) is 11.3. The van der Waals surface area contributed by atoms with Gasteiger partial charge in [0.25, 0.3) is 0 Å². The van der Waals surface area contributed by atoms with Crippen molar-refractivity contribution in [2.75, 3.05) is 0 Å². The Morgan fingerprint density at radius 1 is 1.29 bits per heavy atom. The smallest absolute Gasteiger partial charge is 0.190 e. The summed E-state index contributed by atoms with van der Waals surface area (Å²) in [5.74, 6) is 0. The van der Waals surface area contributed by atoms with Crippen molar-refractivity contribution in [3.8, 4) is 0 Å². The van der Waals surface area contributed by atoms with Crippen LogP contribution in [0.4, 0.5) is 0 Å². The summed E-state index contributed by atoms with van der Waals surface area (Å²) in [5, 5.41) is 0.135. The van der Waals surface area contributed by atoms with Gasteiger partial charge in [-0.1, -0.05) is 44.7 Å². The summed E-state index contributed by atoms with van der Waals surface area (Å²) in [5.41, 5.74) is 1.41. The number of hydrogen-bond donors (Lipinski definition) is 0. The van der Waals surface area contributed by atoms with Gasteiger partial charge in [0.1, 0.15) is 0 Å². The zero-order valence-electron chi connectivity index (χ0n) is 9.13. The van der Waals surface area contributed by atoms with E-state index in [1.807, 2.05) is 12.1 Å². The molecule has 0 bridgehead atoms. The van der Waals surface area contributed by atoms with E-state index in [0.29, 0.717) is 0 Å². The maximum Gasteiger partial charge on any atom is 0.190 e.